The maximum absolute atomic E-state index is 13.2. The molecule has 4 aromatic rings. The van der Waals surface area contributed by atoms with Gasteiger partial charge in [-0.1, -0.05) is 48.5 Å². The summed E-state index contributed by atoms with van der Waals surface area (Å²) in [5.41, 5.74) is 1.31. The first-order valence-corrected chi connectivity index (χ1v) is 9.85. The van der Waals surface area contributed by atoms with Crippen molar-refractivity contribution in [1.82, 2.24) is 19.2 Å². The first-order chi connectivity index (χ1) is 15.1. The highest BCUT2D eigenvalue weighted by Crippen LogP contribution is 2.15. The van der Waals surface area contributed by atoms with Crippen LogP contribution in [0.3, 0.4) is 0 Å². The number of carbonyl (C=O) groups is 1. The number of hydrogen-bond donors (Lipinski definition) is 0. The van der Waals surface area contributed by atoms with E-state index < -0.39 is 11.5 Å². The number of nitriles is 1. The second kappa shape index (κ2) is 8.63. The molecule has 2 heterocycles. The van der Waals surface area contributed by atoms with Crippen molar-refractivity contribution in [3.05, 3.63) is 93.7 Å². The van der Waals surface area contributed by atoms with Crippen molar-refractivity contribution in [3.63, 3.8) is 0 Å². The van der Waals surface area contributed by atoms with E-state index in [1.54, 1.807) is 19.1 Å². The molecule has 2 aromatic carbocycles. The van der Waals surface area contributed by atoms with Crippen LogP contribution in [0.4, 0.5) is 0 Å². The minimum Gasteiger partial charge on any atom is -0.460 e. The van der Waals surface area contributed by atoms with Crippen molar-refractivity contribution < 1.29 is 9.53 Å². The third-order valence-electron chi connectivity index (χ3n) is 4.80. The SMILES string of the molecule is CCOC(=O)c1nn(-c2ccccc2)c2nc(CCc3ccccc3)c(C#N)c(=O)n12. The average molecular weight is 413 g/mol. The molecule has 0 aliphatic heterocycles. The van der Waals surface area contributed by atoms with Crippen molar-refractivity contribution in [2.75, 3.05) is 6.61 Å². The highest BCUT2D eigenvalue weighted by molar-refractivity contribution is 5.86. The first kappa shape index (κ1) is 20.0. The number of hydrogen-bond acceptors (Lipinski definition) is 6. The van der Waals surface area contributed by atoms with Gasteiger partial charge in [0.2, 0.25) is 11.6 Å². The summed E-state index contributed by atoms with van der Waals surface area (Å²) in [7, 11) is 0. The Morgan fingerprint density at radius 1 is 1.06 bits per heavy atom. The van der Waals surface area contributed by atoms with Gasteiger partial charge in [-0.15, -0.1) is 5.10 Å². The smallest absolute Gasteiger partial charge is 0.376 e. The molecule has 0 saturated heterocycles. The molecule has 8 nitrogen and oxygen atoms in total. The van der Waals surface area contributed by atoms with Gasteiger partial charge >= 0.3 is 5.97 Å². The van der Waals surface area contributed by atoms with Crippen LogP contribution in [-0.2, 0) is 17.6 Å². The average Bonchev–Trinajstić information content (AvgIpc) is 3.19. The monoisotopic (exact) mass is 413 g/mol. The van der Waals surface area contributed by atoms with Gasteiger partial charge in [0.15, 0.2) is 0 Å². The van der Waals surface area contributed by atoms with E-state index in [1.165, 1.54) is 4.68 Å². The highest BCUT2D eigenvalue weighted by Gasteiger charge is 2.25. The Morgan fingerprint density at radius 2 is 1.74 bits per heavy atom. The molecule has 0 N–H and O–H groups in total. The Bertz CT molecular complexity index is 1340. The molecule has 2 aromatic heterocycles. The molecule has 0 bridgehead atoms. The van der Waals surface area contributed by atoms with Crippen molar-refractivity contribution in [2.45, 2.75) is 19.8 Å². The summed E-state index contributed by atoms with van der Waals surface area (Å²) < 4.78 is 7.53. The van der Waals surface area contributed by atoms with Crippen LogP contribution < -0.4 is 5.56 Å². The van der Waals surface area contributed by atoms with Crippen LogP contribution in [0.15, 0.2) is 65.5 Å². The van der Waals surface area contributed by atoms with Crippen LogP contribution in [-0.4, -0.2) is 31.7 Å². The molecule has 0 spiro atoms. The van der Waals surface area contributed by atoms with Crippen molar-refractivity contribution in [3.8, 4) is 11.8 Å². The zero-order valence-corrected chi connectivity index (χ0v) is 16.9. The Kier molecular flexibility index (Phi) is 5.58. The predicted molar refractivity (Wildman–Crippen MR) is 113 cm³/mol. The van der Waals surface area contributed by atoms with Gasteiger partial charge in [-0.2, -0.15) is 9.94 Å². The Balaban J connectivity index is 1.92. The lowest BCUT2D eigenvalue weighted by atomic mass is 10.1. The summed E-state index contributed by atoms with van der Waals surface area (Å²) in [4.78, 5) is 30.3. The van der Waals surface area contributed by atoms with Crippen LogP contribution in [0.5, 0.6) is 0 Å². The topological polar surface area (TPSA) is 102 Å². The number of aryl methyl sites for hydroxylation is 2. The fourth-order valence-corrected chi connectivity index (χ4v) is 3.34. The van der Waals surface area contributed by atoms with E-state index in [1.807, 2.05) is 54.6 Å². The van der Waals surface area contributed by atoms with E-state index in [0.717, 1.165) is 9.96 Å². The van der Waals surface area contributed by atoms with Crippen LogP contribution in [0, 0.1) is 11.3 Å². The minimum atomic E-state index is -0.757. The summed E-state index contributed by atoms with van der Waals surface area (Å²) in [5.74, 6) is -0.822. The number of ether oxygens (including phenoxy) is 1. The van der Waals surface area contributed by atoms with Crippen LogP contribution >= 0.6 is 0 Å². The second-order valence-electron chi connectivity index (χ2n) is 6.76. The molecule has 0 unspecified atom stereocenters. The van der Waals surface area contributed by atoms with Crippen LogP contribution in [0.2, 0.25) is 0 Å². The third-order valence-corrected chi connectivity index (χ3v) is 4.80. The third kappa shape index (κ3) is 3.81. The van der Waals surface area contributed by atoms with E-state index in [-0.39, 0.29) is 23.8 Å². The molecule has 0 radical (unpaired) electrons. The highest BCUT2D eigenvalue weighted by atomic mass is 16.5. The number of aromatic nitrogens is 4. The molecular formula is C23H19N5O3. The van der Waals surface area contributed by atoms with E-state index in [2.05, 4.69) is 10.1 Å². The van der Waals surface area contributed by atoms with Gasteiger partial charge in [-0.25, -0.2) is 14.2 Å². The predicted octanol–water partition coefficient (Wildman–Crippen LogP) is 2.71. The molecule has 0 aliphatic rings. The number of fused-ring (bicyclic) bond motifs is 1. The van der Waals surface area contributed by atoms with Crippen LogP contribution in [0.1, 0.15) is 34.4 Å². The summed E-state index contributed by atoms with van der Waals surface area (Å²) in [6.45, 7) is 1.79. The van der Waals surface area contributed by atoms with Gasteiger partial charge in [0.25, 0.3) is 5.56 Å². The second-order valence-corrected chi connectivity index (χ2v) is 6.76. The standard InChI is InChI=1S/C23H19N5O3/c1-2-31-22(30)20-26-28(17-11-7-4-8-12-17)23-25-19(18(15-24)21(29)27(20)23)14-13-16-9-5-3-6-10-16/h3-12H,2,13-14H2,1H3. The van der Waals surface area contributed by atoms with Crippen LogP contribution in [0.25, 0.3) is 11.5 Å². The number of rotatable bonds is 6. The molecule has 8 heteroatoms. The lowest BCUT2D eigenvalue weighted by Gasteiger charge is -2.07. The number of nitrogens with zero attached hydrogens (tertiary/aromatic N) is 5. The fourth-order valence-electron chi connectivity index (χ4n) is 3.34. The number of para-hydroxylation sites is 1. The maximum Gasteiger partial charge on any atom is 0.376 e. The zero-order chi connectivity index (χ0) is 21.8. The largest absolute Gasteiger partial charge is 0.460 e. The van der Waals surface area contributed by atoms with E-state index >= 15 is 0 Å². The number of carbonyl (C=O) groups excluding carboxylic acids is 1. The van der Waals surface area contributed by atoms with Gasteiger partial charge in [0.1, 0.15) is 11.6 Å². The summed E-state index contributed by atoms with van der Waals surface area (Å²) in [5, 5.41) is 14.0. The molecule has 154 valence electrons. The zero-order valence-electron chi connectivity index (χ0n) is 16.9. The Hall–Kier alpha value is -4.25. The molecule has 31 heavy (non-hydrogen) atoms. The molecule has 0 amide bonds. The van der Waals surface area contributed by atoms with E-state index in [0.29, 0.717) is 24.2 Å². The Labute approximate surface area is 178 Å². The van der Waals surface area contributed by atoms with Crippen molar-refractivity contribution in [1.29, 1.82) is 5.26 Å². The van der Waals surface area contributed by atoms with Gasteiger partial charge in [0, 0.05) is 0 Å². The molecular weight excluding hydrogens is 394 g/mol. The van der Waals surface area contributed by atoms with E-state index in [4.69, 9.17) is 4.74 Å². The van der Waals surface area contributed by atoms with Gasteiger partial charge in [-0.3, -0.25) is 4.79 Å². The van der Waals surface area contributed by atoms with Crippen molar-refractivity contribution >= 4 is 11.7 Å². The summed E-state index contributed by atoms with van der Waals surface area (Å²) in [6, 6.07) is 20.8. The minimum absolute atomic E-state index is 0.105. The molecule has 0 aliphatic carbocycles. The lowest BCUT2D eigenvalue weighted by molar-refractivity contribution is 0.0509. The van der Waals surface area contributed by atoms with Crippen molar-refractivity contribution in [2.24, 2.45) is 0 Å². The number of esters is 1. The molecule has 0 fully saturated rings. The van der Waals surface area contributed by atoms with E-state index in [9.17, 15) is 14.9 Å². The quantitative estimate of drug-likeness (QED) is 0.451. The van der Waals surface area contributed by atoms with Gasteiger partial charge < -0.3 is 4.74 Å². The number of benzene rings is 2. The molecule has 0 saturated carbocycles. The maximum atomic E-state index is 13.2. The normalized spacial score (nSPS) is 10.7. The molecule has 4 rings (SSSR count). The lowest BCUT2D eigenvalue weighted by Crippen LogP contribution is -2.24. The first-order valence-electron chi connectivity index (χ1n) is 9.85. The van der Waals surface area contributed by atoms with Gasteiger partial charge in [-0.05, 0) is 37.5 Å². The fraction of sp³-hybridized carbons (Fsp3) is 0.174. The Morgan fingerprint density at radius 3 is 2.39 bits per heavy atom. The molecule has 0 atom stereocenters. The van der Waals surface area contributed by atoms with Gasteiger partial charge in [0.05, 0.1) is 18.0 Å². The summed E-state index contributed by atoms with van der Waals surface area (Å²) >= 11 is 0. The summed E-state index contributed by atoms with van der Waals surface area (Å²) in [6.07, 6.45) is 1.01.